The van der Waals surface area contributed by atoms with E-state index < -0.39 is 12.8 Å². The summed E-state index contributed by atoms with van der Waals surface area (Å²) in [5.74, 6) is 0. The second-order valence-corrected chi connectivity index (χ2v) is 4.91. The van der Waals surface area contributed by atoms with Crippen molar-refractivity contribution in [2.75, 3.05) is 26.3 Å². The van der Waals surface area contributed by atoms with Crippen molar-refractivity contribution in [3.05, 3.63) is 0 Å². The van der Waals surface area contributed by atoms with E-state index >= 15 is 0 Å². The van der Waals surface area contributed by atoms with Crippen LogP contribution in [0, 0.1) is 5.41 Å². The molecule has 0 aromatic rings. The maximum absolute atomic E-state index is 11.7. The Labute approximate surface area is 101 Å². The van der Waals surface area contributed by atoms with Gasteiger partial charge in [0.05, 0.1) is 0 Å². The molecular weight excluding hydrogens is 231 g/mol. The maximum atomic E-state index is 11.7. The molecule has 0 bridgehead atoms. The molecule has 0 aromatic carbocycles. The summed E-state index contributed by atoms with van der Waals surface area (Å²) in [5, 5.41) is 3.32. The summed E-state index contributed by atoms with van der Waals surface area (Å²) >= 11 is 0. The Morgan fingerprint density at radius 1 is 1.29 bits per heavy atom. The molecule has 1 aliphatic carbocycles. The molecule has 0 aromatic heterocycles. The van der Waals surface area contributed by atoms with Crippen molar-refractivity contribution < 1.29 is 17.9 Å². The quantitative estimate of drug-likeness (QED) is 0.671. The highest BCUT2D eigenvalue weighted by Crippen LogP contribution is 2.42. The number of halogens is 3. The normalized spacial score (nSPS) is 19.1. The van der Waals surface area contributed by atoms with Gasteiger partial charge in [-0.2, -0.15) is 13.2 Å². The third-order valence-corrected chi connectivity index (χ3v) is 3.57. The largest absolute Gasteiger partial charge is 0.411 e. The second kappa shape index (κ2) is 6.59. The molecule has 0 unspecified atom stereocenters. The Morgan fingerprint density at radius 2 is 2.00 bits per heavy atom. The molecule has 1 fully saturated rings. The lowest BCUT2D eigenvalue weighted by Crippen LogP contribution is -2.39. The van der Waals surface area contributed by atoms with E-state index in [9.17, 15) is 13.2 Å². The van der Waals surface area contributed by atoms with Crippen LogP contribution in [-0.2, 0) is 4.74 Å². The zero-order chi connectivity index (χ0) is 12.8. The molecule has 0 heterocycles. The van der Waals surface area contributed by atoms with Gasteiger partial charge < -0.3 is 10.1 Å². The minimum absolute atomic E-state index is 0.172. The first kappa shape index (κ1) is 14.8. The first-order valence-corrected chi connectivity index (χ1v) is 6.33. The fraction of sp³-hybridized carbons (Fsp3) is 1.00. The predicted molar refractivity (Wildman–Crippen MR) is 60.9 cm³/mol. The van der Waals surface area contributed by atoms with Crippen LogP contribution in [0.1, 0.15) is 39.0 Å². The SMILES string of the molecule is CCC1(CNCCCOCC(F)(F)F)CCC1. The van der Waals surface area contributed by atoms with Crippen molar-refractivity contribution in [3.8, 4) is 0 Å². The first-order chi connectivity index (χ1) is 7.97. The molecule has 0 radical (unpaired) electrons. The molecule has 0 amide bonds. The molecule has 1 N–H and O–H groups in total. The maximum Gasteiger partial charge on any atom is 0.411 e. The van der Waals surface area contributed by atoms with Gasteiger partial charge in [0.15, 0.2) is 0 Å². The van der Waals surface area contributed by atoms with Crippen LogP contribution >= 0.6 is 0 Å². The Hall–Kier alpha value is -0.290. The zero-order valence-electron chi connectivity index (χ0n) is 10.4. The highest BCUT2D eigenvalue weighted by atomic mass is 19.4. The molecule has 2 nitrogen and oxygen atoms in total. The minimum Gasteiger partial charge on any atom is -0.372 e. The lowest BCUT2D eigenvalue weighted by molar-refractivity contribution is -0.173. The van der Waals surface area contributed by atoms with Gasteiger partial charge in [0.2, 0.25) is 0 Å². The van der Waals surface area contributed by atoms with Crippen molar-refractivity contribution >= 4 is 0 Å². The van der Waals surface area contributed by atoms with E-state index in [2.05, 4.69) is 17.0 Å². The molecule has 1 aliphatic rings. The van der Waals surface area contributed by atoms with Gasteiger partial charge in [-0.3, -0.25) is 0 Å². The average Bonchev–Trinajstić information content (AvgIpc) is 2.18. The fourth-order valence-corrected chi connectivity index (χ4v) is 2.17. The Morgan fingerprint density at radius 3 is 2.47 bits per heavy atom. The molecule has 5 heteroatoms. The molecule has 17 heavy (non-hydrogen) atoms. The number of hydrogen-bond acceptors (Lipinski definition) is 2. The third kappa shape index (κ3) is 5.73. The first-order valence-electron chi connectivity index (χ1n) is 6.33. The molecule has 0 saturated heterocycles. The Balaban J connectivity index is 1.91. The molecule has 1 saturated carbocycles. The monoisotopic (exact) mass is 253 g/mol. The third-order valence-electron chi connectivity index (χ3n) is 3.57. The van der Waals surface area contributed by atoms with Gasteiger partial charge >= 0.3 is 6.18 Å². The van der Waals surface area contributed by atoms with E-state index in [-0.39, 0.29) is 6.61 Å². The van der Waals surface area contributed by atoms with E-state index in [4.69, 9.17) is 0 Å². The smallest absolute Gasteiger partial charge is 0.372 e. The van der Waals surface area contributed by atoms with Crippen molar-refractivity contribution in [1.29, 1.82) is 0 Å². The number of alkyl halides is 3. The van der Waals surface area contributed by atoms with Gasteiger partial charge in [-0.05, 0) is 37.6 Å². The van der Waals surface area contributed by atoms with Crippen LogP contribution in [0.5, 0.6) is 0 Å². The fourth-order valence-electron chi connectivity index (χ4n) is 2.17. The van der Waals surface area contributed by atoms with Gasteiger partial charge in [0, 0.05) is 13.2 Å². The molecule has 1 rings (SSSR count). The lowest BCUT2D eigenvalue weighted by Gasteiger charge is -2.41. The molecular formula is C12H22F3NO. The van der Waals surface area contributed by atoms with Crippen molar-refractivity contribution in [2.24, 2.45) is 5.41 Å². The number of rotatable bonds is 8. The predicted octanol–water partition coefficient (Wildman–Crippen LogP) is 3.13. The van der Waals surface area contributed by atoms with Crippen LogP contribution in [-0.4, -0.2) is 32.5 Å². The number of nitrogens with one attached hydrogen (secondary N) is 1. The Bertz CT molecular complexity index is 209. The van der Waals surface area contributed by atoms with E-state index in [1.54, 1.807) is 0 Å². The summed E-state index contributed by atoms with van der Waals surface area (Å²) in [7, 11) is 0. The molecule has 0 spiro atoms. The van der Waals surface area contributed by atoms with Crippen LogP contribution in [0.2, 0.25) is 0 Å². The Kier molecular flexibility index (Phi) is 5.73. The minimum atomic E-state index is -4.20. The van der Waals surface area contributed by atoms with Crippen LogP contribution in [0.3, 0.4) is 0 Å². The van der Waals surface area contributed by atoms with Crippen LogP contribution < -0.4 is 5.32 Å². The van der Waals surface area contributed by atoms with Crippen molar-refractivity contribution in [1.82, 2.24) is 5.32 Å². The van der Waals surface area contributed by atoms with E-state index in [0.29, 0.717) is 11.8 Å². The van der Waals surface area contributed by atoms with E-state index in [0.717, 1.165) is 13.1 Å². The summed E-state index contributed by atoms with van der Waals surface area (Å²) in [6.07, 6.45) is 1.48. The molecule has 102 valence electrons. The van der Waals surface area contributed by atoms with Gasteiger partial charge in [-0.1, -0.05) is 13.3 Å². The van der Waals surface area contributed by atoms with Gasteiger partial charge in [0.1, 0.15) is 6.61 Å². The average molecular weight is 253 g/mol. The van der Waals surface area contributed by atoms with Crippen LogP contribution in [0.15, 0.2) is 0 Å². The van der Waals surface area contributed by atoms with Gasteiger partial charge in [0.25, 0.3) is 0 Å². The summed E-state index contributed by atoms with van der Waals surface area (Å²) in [6.45, 7) is 2.97. The number of hydrogen-bond donors (Lipinski definition) is 1. The van der Waals surface area contributed by atoms with Crippen molar-refractivity contribution in [3.63, 3.8) is 0 Å². The molecule has 0 aliphatic heterocycles. The topological polar surface area (TPSA) is 21.3 Å². The summed E-state index contributed by atoms with van der Waals surface area (Å²) in [4.78, 5) is 0. The highest BCUT2D eigenvalue weighted by Gasteiger charge is 2.34. The second-order valence-electron chi connectivity index (χ2n) is 4.91. The number of ether oxygens (including phenoxy) is 1. The summed E-state index contributed by atoms with van der Waals surface area (Å²) in [6, 6.07) is 0. The van der Waals surface area contributed by atoms with Crippen LogP contribution in [0.25, 0.3) is 0 Å². The standard InChI is InChI=1S/C12H22F3NO/c1-2-11(5-3-6-11)9-16-7-4-8-17-10-12(13,14)15/h16H,2-10H2,1H3. The van der Waals surface area contributed by atoms with Crippen molar-refractivity contribution in [2.45, 2.75) is 45.2 Å². The van der Waals surface area contributed by atoms with Gasteiger partial charge in [-0.15, -0.1) is 0 Å². The summed E-state index contributed by atoms with van der Waals surface area (Å²) < 4.78 is 39.8. The lowest BCUT2D eigenvalue weighted by atomic mass is 9.67. The van der Waals surface area contributed by atoms with Crippen LogP contribution in [0.4, 0.5) is 13.2 Å². The summed E-state index contributed by atoms with van der Waals surface area (Å²) in [5.41, 5.74) is 0.465. The highest BCUT2D eigenvalue weighted by molar-refractivity contribution is 4.88. The van der Waals surface area contributed by atoms with E-state index in [1.165, 1.54) is 25.7 Å². The van der Waals surface area contributed by atoms with E-state index in [1.807, 2.05) is 0 Å². The zero-order valence-corrected chi connectivity index (χ0v) is 10.4. The van der Waals surface area contributed by atoms with Gasteiger partial charge in [-0.25, -0.2) is 0 Å². The molecule has 0 atom stereocenters.